The van der Waals surface area contributed by atoms with Crippen molar-refractivity contribution in [1.29, 1.82) is 0 Å². The fraction of sp³-hybridized carbons (Fsp3) is 0.150. The quantitative estimate of drug-likeness (QED) is 0.437. The van der Waals surface area contributed by atoms with Gasteiger partial charge in [0.05, 0.1) is 19.1 Å². The third-order valence-corrected chi connectivity index (χ3v) is 5.65. The van der Waals surface area contributed by atoms with Gasteiger partial charge in [0.2, 0.25) is 5.88 Å². The molecule has 2 aromatic carbocycles. The summed E-state index contributed by atoms with van der Waals surface area (Å²) in [6.45, 7) is 0.578. The lowest BCUT2D eigenvalue weighted by Crippen LogP contribution is -2.27. The minimum atomic E-state index is -3.88. The third kappa shape index (κ3) is 6.27. The van der Waals surface area contributed by atoms with E-state index in [1.54, 1.807) is 12.1 Å². The van der Waals surface area contributed by atoms with E-state index in [0.29, 0.717) is 17.3 Å². The molecule has 0 unspecified atom stereocenters. The molecule has 3 N–H and O–H groups in total. The van der Waals surface area contributed by atoms with Crippen molar-refractivity contribution in [3.05, 3.63) is 66.2 Å². The second kappa shape index (κ2) is 10.0. The Labute approximate surface area is 185 Å². The van der Waals surface area contributed by atoms with E-state index in [9.17, 15) is 8.42 Å². The summed E-state index contributed by atoms with van der Waals surface area (Å²) in [7, 11) is -1.10. The zero-order valence-electron chi connectivity index (χ0n) is 16.8. The molecule has 0 radical (unpaired) electrons. The van der Waals surface area contributed by atoms with E-state index in [1.807, 2.05) is 30.3 Å². The van der Waals surface area contributed by atoms with Crippen molar-refractivity contribution in [1.82, 2.24) is 15.3 Å². The number of nitrogens with zero attached hydrogens (tertiary/aromatic N) is 2. The number of methoxy groups -OCH3 is 2. The van der Waals surface area contributed by atoms with E-state index in [4.69, 9.17) is 21.7 Å². The number of rotatable bonds is 8. The van der Waals surface area contributed by atoms with Crippen LogP contribution in [0.4, 0.5) is 11.5 Å². The lowest BCUT2D eigenvalue weighted by Gasteiger charge is -2.12. The first-order valence-electron chi connectivity index (χ1n) is 9.08. The molecule has 0 atom stereocenters. The van der Waals surface area contributed by atoms with Crippen LogP contribution in [0.15, 0.2) is 65.6 Å². The second-order valence-corrected chi connectivity index (χ2v) is 8.30. The molecule has 162 valence electrons. The standard InChI is InChI=1S/C20H21N5O4S2/c1-28-18-12-17(23-19(24-18)29-2)25-31(26,27)16-10-8-15(9-11-16)22-20(30)21-13-14-6-4-3-5-7-14/h3-12H,13H2,1-2H3,(H2,21,22,30)(H,23,24,25). The van der Waals surface area contributed by atoms with Crippen LogP contribution in [0.1, 0.15) is 5.56 Å². The van der Waals surface area contributed by atoms with Gasteiger partial charge in [-0.3, -0.25) is 4.72 Å². The molecule has 0 aliphatic heterocycles. The molecule has 1 heterocycles. The molecule has 0 spiro atoms. The number of ether oxygens (including phenoxy) is 2. The van der Waals surface area contributed by atoms with Gasteiger partial charge < -0.3 is 20.1 Å². The number of thiocarbonyl (C=S) groups is 1. The van der Waals surface area contributed by atoms with Crippen LogP contribution in [0.5, 0.6) is 11.9 Å². The zero-order chi connectivity index (χ0) is 22.3. The average molecular weight is 460 g/mol. The fourth-order valence-electron chi connectivity index (χ4n) is 2.52. The van der Waals surface area contributed by atoms with E-state index >= 15 is 0 Å². The second-order valence-electron chi connectivity index (χ2n) is 6.21. The summed E-state index contributed by atoms with van der Waals surface area (Å²) in [6, 6.07) is 17.3. The topological polar surface area (TPSA) is 114 Å². The highest BCUT2D eigenvalue weighted by Gasteiger charge is 2.17. The molecule has 0 fully saturated rings. The highest BCUT2D eigenvalue weighted by atomic mass is 32.2. The van der Waals surface area contributed by atoms with Crippen LogP contribution in [0.25, 0.3) is 0 Å². The molecule has 0 amide bonds. The lowest BCUT2D eigenvalue weighted by molar-refractivity contribution is 0.353. The van der Waals surface area contributed by atoms with E-state index in [0.717, 1.165) is 5.56 Å². The van der Waals surface area contributed by atoms with Crippen molar-refractivity contribution < 1.29 is 17.9 Å². The van der Waals surface area contributed by atoms with Gasteiger partial charge in [0.1, 0.15) is 0 Å². The average Bonchev–Trinajstić information content (AvgIpc) is 2.78. The first kappa shape index (κ1) is 22.2. The molecule has 0 aliphatic rings. The molecule has 1 aromatic heterocycles. The maximum Gasteiger partial charge on any atom is 0.321 e. The minimum Gasteiger partial charge on any atom is -0.481 e. The molecule has 0 bridgehead atoms. The van der Waals surface area contributed by atoms with Crippen molar-refractivity contribution in [2.75, 3.05) is 24.3 Å². The van der Waals surface area contributed by atoms with Crippen LogP contribution < -0.4 is 24.8 Å². The zero-order valence-corrected chi connectivity index (χ0v) is 18.5. The van der Waals surface area contributed by atoms with Crippen molar-refractivity contribution in [3.63, 3.8) is 0 Å². The SMILES string of the molecule is COc1cc(NS(=O)(=O)c2ccc(NC(=S)NCc3ccccc3)cc2)nc(OC)n1. The Hall–Kier alpha value is -3.44. The maximum absolute atomic E-state index is 12.7. The number of hydrogen-bond donors (Lipinski definition) is 3. The van der Waals surface area contributed by atoms with Gasteiger partial charge in [-0.15, -0.1) is 0 Å². The van der Waals surface area contributed by atoms with E-state index < -0.39 is 10.0 Å². The van der Waals surface area contributed by atoms with Crippen molar-refractivity contribution in [2.24, 2.45) is 0 Å². The molecule has 0 aliphatic carbocycles. The number of anilines is 2. The highest BCUT2D eigenvalue weighted by molar-refractivity contribution is 7.92. The molecule has 3 aromatic rings. The molecule has 9 nitrogen and oxygen atoms in total. The Balaban J connectivity index is 1.64. The molecular weight excluding hydrogens is 438 g/mol. The molecule has 3 rings (SSSR count). The Kier molecular flexibility index (Phi) is 7.21. The summed E-state index contributed by atoms with van der Waals surface area (Å²) in [4.78, 5) is 7.95. The summed E-state index contributed by atoms with van der Waals surface area (Å²) in [5.74, 6) is 0.192. The summed E-state index contributed by atoms with van der Waals surface area (Å²) >= 11 is 5.28. The normalized spacial score (nSPS) is 10.8. The Morgan fingerprint density at radius 2 is 1.71 bits per heavy atom. The summed E-state index contributed by atoms with van der Waals surface area (Å²) in [5, 5.41) is 6.55. The first-order chi connectivity index (χ1) is 14.9. The van der Waals surface area contributed by atoms with Gasteiger partial charge in [0.15, 0.2) is 10.9 Å². The molecule has 0 saturated heterocycles. The lowest BCUT2D eigenvalue weighted by atomic mass is 10.2. The van der Waals surface area contributed by atoms with Crippen LogP contribution in [-0.4, -0.2) is 37.7 Å². The Bertz CT molecular complexity index is 1120. The highest BCUT2D eigenvalue weighted by Crippen LogP contribution is 2.21. The number of benzene rings is 2. The van der Waals surface area contributed by atoms with Gasteiger partial charge in [-0.25, -0.2) is 8.42 Å². The van der Waals surface area contributed by atoms with E-state index in [2.05, 4.69) is 25.3 Å². The van der Waals surface area contributed by atoms with Crippen molar-refractivity contribution in [2.45, 2.75) is 11.4 Å². The molecule has 0 saturated carbocycles. The van der Waals surface area contributed by atoms with Crippen molar-refractivity contribution >= 4 is 38.9 Å². The van der Waals surface area contributed by atoms with Crippen LogP contribution in [-0.2, 0) is 16.6 Å². The molecule has 11 heteroatoms. The number of aromatic nitrogens is 2. The summed E-state index contributed by atoms with van der Waals surface area (Å²) in [5.41, 5.74) is 1.74. The van der Waals surface area contributed by atoms with Crippen LogP contribution >= 0.6 is 12.2 Å². The third-order valence-electron chi connectivity index (χ3n) is 4.03. The molecule has 31 heavy (non-hydrogen) atoms. The van der Waals surface area contributed by atoms with Gasteiger partial charge in [-0.1, -0.05) is 30.3 Å². The van der Waals surface area contributed by atoms with Gasteiger partial charge in [0.25, 0.3) is 10.0 Å². The van der Waals surface area contributed by atoms with E-state index in [-0.39, 0.29) is 22.6 Å². The van der Waals surface area contributed by atoms with Crippen LogP contribution in [0.2, 0.25) is 0 Å². The fourth-order valence-corrected chi connectivity index (χ4v) is 3.70. The number of nitrogens with one attached hydrogen (secondary N) is 3. The van der Waals surface area contributed by atoms with Gasteiger partial charge in [0, 0.05) is 18.3 Å². The molecular formula is C20H21N5O4S2. The van der Waals surface area contributed by atoms with Gasteiger partial charge >= 0.3 is 6.01 Å². The predicted molar refractivity (Wildman–Crippen MR) is 122 cm³/mol. The number of hydrogen-bond acceptors (Lipinski definition) is 7. The smallest absolute Gasteiger partial charge is 0.321 e. The maximum atomic E-state index is 12.7. The monoisotopic (exact) mass is 459 g/mol. The summed E-state index contributed by atoms with van der Waals surface area (Å²) in [6.07, 6.45) is 0. The Morgan fingerprint density at radius 1 is 1.00 bits per heavy atom. The largest absolute Gasteiger partial charge is 0.481 e. The predicted octanol–water partition coefficient (Wildman–Crippen LogP) is 2.78. The van der Waals surface area contributed by atoms with E-state index in [1.165, 1.54) is 32.4 Å². The first-order valence-corrected chi connectivity index (χ1v) is 11.0. The number of sulfonamides is 1. The van der Waals surface area contributed by atoms with Gasteiger partial charge in [-0.05, 0) is 42.0 Å². The minimum absolute atomic E-state index is 0.0203. The van der Waals surface area contributed by atoms with Crippen molar-refractivity contribution in [3.8, 4) is 11.9 Å². The summed E-state index contributed by atoms with van der Waals surface area (Å²) < 4.78 is 37.7. The van der Waals surface area contributed by atoms with Crippen LogP contribution in [0, 0.1) is 0 Å². The Morgan fingerprint density at radius 3 is 2.35 bits per heavy atom. The van der Waals surface area contributed by atoms with Crippen LogP contribution in [0.3, 0.4) is 0 Å². The van der Waals surface area contributed by atoms with Gasteiger partial charge in [-0.2, -0.15) is 9.97 Å².